The van der Waals surface area contributed by atoms with Crippen LogP contribution in [0.2, 0.25) is 0 Å². The van der Waals surface area contributed by atoms with Crippen LogP contribution >= 0.6 is 0 Å². The SMILES string of the molecule is CCN(CC)C(=O)N([N+](=O)[O-])[N+](=O)[O-]. The van der Waals surface area contributed by atoms with Crippen LogP contribution < -0.4 is 0 Å². The maximum atomic E-state index is 11.2. The van der Waals surface area contributed by atoms with Gasteiger partial charge in [-0.2, -0.15) is 0 Å². The maximum absolute atomic E-state index is 11.2. The molecule has 0 aromatic rings. The van der Waals surface area contributed by atoms with E-state index in [1.807, 2.05) is 0 Å². The van der Waals surface area contributed by atoms with Crippen LogP contribution in [0.4, 0.5) is 4.79 Å². The van der Waals surface area contributed by atoms with Gasteiger partial charge in [-0.05, 0) is 13.8 Å². The van der Waals surface area contributed by atoms with E-state index in [2.05, 4.69) is 0 Å². The summed E-state index contributed by atoms with van der Waals surface area (Å²) in [4.78, 5) is 32.5. The molecule has 0 bridgehead atoms. The van der Waals surface area contributed by atoms with Crippen LogP contribution in [0.5, 0.6) is 0 Å². The highest BCUT2D eigenvalue weighted by Gasteiger charge is 2.40. The highest BCUT2D eigenvalue weighted by molar-refractivity contribution is 5.71. The van der Waals surface area contributed by atoms with Crippen molar-refractivity contribution in [1.82, 2.24) is 10.0 Å². The molecular formula is C5H10N4O5. The number of carbonyl (C=O) groups excluding carboxylic acids is 1. The van der Waals surface area contributed by atoms with Crippen molar-refractivity contribution < 1.29 is 14.9 Å². The number of urea groups is 1. The zero-order valence-corrected chi connectivity index (χ0v) is 7.74. The molecule has 14 heavy (non-hydrogen) atoms. The summed E-state index contributed by atoms with van der Waals surface area (Å²) in [6, 6.07) is -1.25. The van der Waals surface area contributed by atoms with Gasteiger partial charge in [-0.15, -0.1) is 0 Å². The highest BCUT2D eigenvalue weighted by atomic mass is 16.8. The van der Waals surface area contributed by atoms with Crippen molar-refractivity contribution in [2.24, 2.45) is 0 Å². The quantitative estimate of drug-likeness (QED) is 0.479. The molecular weight excluding hydrogens is 196 g/mol. The van der Waals surface area contributed by atoms with Crippen molar-refractivity contribution >= 4 is 6.03 Å². The molecule has 2 amide bonds. The lowest BCUT2D eigenvalue weighted by Gasteiger charge is -2.16. The van der Waals surface area contributed by atoms with Gasteiger partial charge in [0.1, 0.15) is 0 Å². The lowest BCUT2D eigenvalue weighted by molar-refractivity contribution is -0.884. The summed E-state index contributed by atoms with van der Waals surface area (Å²) in [6.45, 7) is 3.49. The molecule has 0 aliphatic heterocycles. The van der Waals surface area contributed by atoms with Crippen molar-refractivity contribution in [3.8, 4) is 0 Å². The van der Waals surface area contributed by atoms with Crippen molar-refractivity contribution in [3.05, 3.63) is 20.2 Å². The van der Waals surface area contributed by atoms with Crippen LogP contribution in [-0.2, 0) is 0 Å². The fourth-order valence-electron chi connectivity index (χ4n) is 0.820. The standard InChI is InChI=1S/C5H10N4O5/c1-3-6(4-2)5(10)7(8(11)12)9(13)14/h3-4H2,1-2H3. The van der Waals surface area contributed by atoms with Crippen molar-refractivity contribution in [2.75, 3.05) is 13.1 Å². The molecule has 9 nitrogen and oxygen atoms in total. The highest BCUT2D eigenvalue weighted by Crippen LogP contribution is 1.99. The summed E-state index contributed by atoms with van der Waals surface area (Å²) < 4.78 is 0. The van der Waals surface area contributed by atoms with E-state index < -0.39 is 21.2 Å². The molecule has 0 fully saturated rings. The van der Waals surface area contributed by atoms with Crippen LogP contribution in [-0.4, -0.2) is 39.2 Å². The Hall–Kier alpha value is -1.93. The van der Waals surface area contributed by atoms with Gasteiger partial charge >= 0.3 is 6.03 Å². The molecule has 0 N–H and O–H groups in total. The van der Waals surface area contributed by atoms with E-state index in [1.54, 1.807) is 13.8 Å². The normalized spacial score (nSPS) is 9.29. The number of amides is 2. The Balaban J connectivity index is 4.76. The van der Waals surface area contributed by atoms with Crippen LogP contribution in [0.1, 0.15) is 13.8 Å². The van der Waals surface area contributed by atoms with E-state index in [0.29, 0.717) is 0 Å². The zero-order valence-electron chi connectivity index (χ0n) is 7.74. The van der Waals surface area contributed by atoms with Gasteiger partial charge in [0, 0.05) is 13.1 Å². The third-order valence-corrected chi connectivity index (χ3v) is 1.51. The minimum atomic E-state index is -1.36. The second-order valence-electron chi connectivity index (χ2n) is 2.22. The number of rotatable bonds is 4. The summed E-state index contributed by atoms with van der Waals surface area (Å²) in [5, 5.41) is 17.0. The first-order valence-electron chi connectivity index (χ1n) is 3.83. The molecule has 0 spiro atoms. The van der Waals surface area contributed by atoms with Gasteiger partial charge in [0.2, 0.25) is 10.1 Å². The molecule has 0 radical (unpaired) electrons. The van der Waals surface area contributed by atoms with Gasteiger partial charge in [-0.25, -0.2) is 25.0 Å². The largest absolute Gasteiger partial charge is 0.454 e. The number of hydrazine groups is 2. The zero-order chi connectivity index (χ0) is 11.3. The second kappa shape index (κ2) is 4.94. The molecule has 0 saturated heterocycles. The topological polar surface area (TPSA) is 110 Å². The summed E-state index contributed by atoms with van der Waals surface area (Å²) in [5.74, 6) is 0. The van der Waals surface area contributed by atoms with E-state index in [-0.39, 0.29) is 13.1 Å². The molecule has 80 valence electrons. The third kappa shape index (κ3) is 2.54. The van der Waals surface area contributed by atoms with Crippen LogP contribution in [0.25, 0.3) is 0 Å². The molecule has 0 heterocycles. The Morgan fingerprint density at radius 2 is 1.50 bits per heavy atom. The van der Waals surface area contributed by atoms with Crippen LogP contribution in [0.3, 0.4) is 0 Å². The molecule has 0 rings (SSSR count). The van der Waals surface area contributed by atoms with E-state index in [9.17, 15) is 25.0 Å². The average molecular weight is 206 g/mol. The van der Waals surface area contributed by atoms with Gasteiger partial charge in [0.25, 0.3) is 5.12 Å². The third-order valence-electron chi connectivity index (χ3n) is 1.51. The molecule has 0 aromatic carbocycles. The first-order chi connectivity index (χ1) is 6.45. The van der Waals surface area contributed by atoms with E-state index in [0.717, 1.165) is 4.90 Å². The van der Waals surface area contributed by atoms with Gasteiger partial charge in [0.15, 0.2) is 0 Å². The second-order valence-corrected chi connectivity index (χ2v) is 2.22. The lowest BCUT2D eigenvalue weighted by Crippen LogP contribution is -2.48. The summed E-state index contributed by atoms with van der Waals surface area (Å²) in [6.07, 6.45) is 0. The summed E-state index contributed by atoms with van der Waals surface area (Å²) in [5.41, 5.74) is 0. The monoisotopic (exact) mass is 206 g/mol. The van der Waals surface area contributed by atoms with E-state index in [4.69, 9.17) is 0 Å². The Labute approximate surface area is 79.1 Å². The number of hydrogen-bond acceptors (Lipinski definition) is 5. The molecule has 0 aliphatic carbocycles. The molecule has 0 aromatic heterocycles. The minimum Gasteiger partial charge on any atom is -0.315 e. The Bertz CT molecular complexity index is 237. The predicted octanol–water partition coefficient (Wildman–Crippen LogP) is 0.134. The first kappa shape index (κ1) is 12.1. The molecule has 9 heteroatoms. The van der Waals surface area contributed by atoms with E-state index in [1.165, 1.54) is 0 Å². The average Bonchev–Trinajstić information content (AvgIpc) is 2.04. The van der Waals surface area contributed by atoms with E-state index >= 15 is 0 Å². The Kier molecular flexibility index (Phi) is 4.26. The Morgan fingerprint density at radius 3 is 1.71 bits per heavy atom. The first-order valence-corrected chi connectivity index (χ1v) is 3.83. The van der Waals surface area contributed by atoms with Crippen molar-refractivity contribution in [3.63, 3.8) is 0 Å². The fourth-order valence-corrected chi connectivity index (χ4v) is 0.820. The lowest BCUT2D eigenvalue weighted by atomic mass is 10.5. The molecule has 0 saturated carbocycles. The Morgan fingerprint density at radius 1 is 1.14 bits per heavy atom. The molecule has 0 unspecified atom stereocenters. The summed E-state index contributed by atoms with van der Waals surface area (Å²) in [7, 11) is 0. The predicted molar refractivity (Wildman–Crippen MR) is 44.1 cm³/mol. The number of nitrogens with zero attached hydrogens (tertiary/aromatic N) is 4. The van der Waals surface area contributed by atoms with Crippen molar-refractivity contribution in [1.29, 1.82) is 0 Å². The smallest absolute Gasteiger partial charge is 0.315 e. The van der Waals surface area contributed by atoms with Gasteiger partial charge in [0.05, 0.1) is 0 Å². The molecule has 0 aliphatic rings. The minimum absolute atomic E-state index is 0.174. The van der Waals surface area contributed by atoms with Crippen molar-refractivity contribution in [2.45, 2.75) is 13.8 Å². The van der Waals surface area contributed by atoms with Gasteiger partial charge < -0.3 is 4.90 Å². The maximum Gasteiger partial charge on any atom is 0.454 e. The molecule has 0 atom stereocenters. The number of hydrogen-bond donors (Lipinski definition) is 0. The summed E-state index contributed by atoms with van der Waals surface area (Å²) >= 11 is 0. The number of carbonyl (C=O) groups is 1. The van der Waals surface area contributed by atoms with Crippen LogP contribution in [0, 0.1) is 20.2 Å². The fraction of sp³-hybridized carbons (Fsp3) is 0.800. The number of nitro groups is 2. The van der Waals surface area contributed by atoms with Crippen LogP contribution in [0.15, 0.2) is 0 Å². The van der Waals surface area contributed by atoms with Gasteiger partial charge in [-0.3, -0.25) is 0 Å². The van der Waals surface area contributed by atoms with Gasteiger partial charge in [-0.1, -0.05) is 0 Å².